The second-order valence-corrected chi connectivity index (χ2v) is 5.09. The molecule has 0 fully saturated rings. The zero-order chi connectivity index (χ0) is 14.7. The van der Waals surface area contributed by atoms with Gasteiger partial charge in [-0.05, 0) is 20.8 Å². The normalized spacial score (nSPS) is 9.59. The summed E-state index contributed by atoms with van der Waals surface area (Å²) >= 11 is 0. The summed E-state index contributed by atoms with van der Waals surface area (Å²) in [4.78, 5) is 0. The standard InChI is InChI=1S/C13H22N.C6H6.ClH.H3N/c1-4-14(5-2,6-3)12-13-10-8-7-9-11-13;1-2-4-6-5-3-1;;/h7-11H,4-6,12H2,1-3H3;1-6H;1H;1H3/q+1;;;/p-1. The molecule has 22 heavy (non-hydrogen) atoms. The van der Waals surface area contributed by atoms with Gasteiger partial charge in [0.05, 0.1) is 19.6 Å². The van der Waals surface area contributed by atoms with Crippen LogP contribution in [0.25, 0.3) is 0 Å². The Morgan fingerprint density at radius 3 is 1.27 bits per heavy atom. The summed E-state index contributed by atoms with van der Waals surface area (Å²) in [5, 5.41) is 0. The molecule has 0 spiro atoms. The van der Waals surface area contributed by atoms with Gasteiger partial charge in [-0.2, -0.15) is 0 Å². The minimum atomic E-state index is 0. The molecule has 2 nitrogen and oxygen atoms in total. The maximum absolute atomic E-state index is 2.29. The fraction of sp³-hybridized carbons (Fsp3) is 0.368. The quantitative estimate of drug-likeness (QED) is 0.839. The highest BCUT2D eigenvalue weighted by Gasteiger charge is 2.20. The average Bonchev–Trinajstić information content (AvgIpc) is 2.56. The zero-order valence-electron chi connectivity index (χ0n) is 14.2. The molecule has 3 heteroatoms. The van der Waals surface area contributed by atoms with Crippen molar-refractivity contribution >= 4 is 0 Å². The van der Waals surface area contributed by atoms with Crippen molar-refractivity contribution in [3.63, 3.8) is 0 Å². The van der Waals surface area contributed by atoms with Crippen LogP contribution in [0.15, 0.2) is 66.7 Å². The van der Waals surface area contributed by atoms with Crippen LogP contribution in [0.2, 0.25) is 0 Å². The van der Waals surface area contributed by atoms with Crippen LogP contribution in [0, 0.1) is 0 Å². The van der Waals surface area contributed by atoms with Crippen molar-refractivity contribution < 1.29 is 16.9 Å². The monoisotopic (exact) mass is 322 g/mol. The molecule has 3 N–H and O–H groups in total. The summed E-state index contributed by atoms with van der Waals surface area (Å²) in [6.07, 6.45) is 0. The smallest absolute Gasteiger partial charge is 0.104 e. The van der Waals surface area contributed by atoms with Gasteiger partial charge in [0.15, 0.2) is 0 Å². The van der Waals surface area contributed by atoms with Gasteiger partial charge in [0.2, 0.25) is 0 Å². The van der Waals surface area contributed by atoms with E-state index < -0.39 is 0 Å². The number of rotatable bonds is 5. The van der Waals surface area contributed by atoms with Crippen molar-refractivity contribution in [2.24, 2.45) is 0 Å². The highest BCUT2D eigenvalue weighted by atomic mass is 35.5. The first-order valence-corrected chi connectivity index (χ1v) is 7.65. The molecule has 2 aromatic rings. The van der Waals surface area contributed by atoms with Crippen molar-refractivity contribution in [3.8, 4) is 0 Å². The highest BCUT2D eigenvalue weighted by molar-refractivity contribution is 5.13. The van der Waals surface area contributed by atoms with Crippen molar-refractivity contribution in [1.29, 1.82) is 0 Å². The average molecular weight is 323 g/mol. The third kappa shape index (κ3) is 8.18. The van der Waals surface area contributed by atoms with Gasteiger partial charge in [0.25, 0.3) is 0 Å². The van der Waals surface area contributed by atoms with Crippen LogP contribution in [-0.4, -0.2) is 24.1 Å². The Hall–Kier alpha value is -1.35. The first-order valence-electron chi connectivity index (χ1n) is 7.65. The Morgan fingerprint density at radius 1 is 0.636 bits per heavy atom. The van der Waals surface area contributed by atoms with E-state index in [0.717, 1.165) is 0 Å². The molecule has 0 atom stereocenters. The van der Waals surface area contributed by atoms with E-state index >= 15 is 0 Å². The Morgan fingerprint density at radius 2 is 0.955 bits per heavy atom. The SMILES string of the molecule is CC[N+](CC)(CC)Cc1ccccc1.N.[Cl-].c1ccccc1. The summed E-state index contributed by atoms with van der Waals surface area (Å²) < 4.78 is 1.20. The summed E-state index contributed by atoms with van der Waals surface area (Å²) in [5.74, 6) is 0. The topological polar surface area (TPSA) is 35.0 Å². The lowest BCUT2D eigenvalue weighted by molar-refractivity contribution is -0.936. The Bertz CT molecular complexity index is 407. The van der Waals surface area contributed by atoms with Gasteiger partial charge in [-0.3, -0.25) is 0 Å². The molecule has 0 aromatic heterocycles. The van der Waals surface area contributed by atoms with Crippen molar-refractivity contribution in [3.05, 3.63) is 72.3 Å². The Kier molecular flexibility index (Phi) is 13.9. The van der Waals surface area contributed by atoms with E-state index in [2.05, 4.69) is 51.1 Å². The lowest BCUT2D eigenvalue weighted by atomic mass is 10.2. The third-order valence-corrected chi connectivity index (χ3v) is 4.04. The Labute approximate surface area is 142 Å². The second-order valence-electron chi connectivity index (χ2n) is 5.09. The molecule has 0 saturated heterocycles. The van der Waals surface area contributed by atoms with Crippen LogP contribution in [0.5, 0.6) is 0 Å². The van der Waals surface area contributed by atoms with Gasteiger partial charge < -0.3 is 23.0 Å². The molecular formula is C19H31ClN2. The van der Waals surface area contributed by atoms with E-state index in [1.54, 1.807) is 0 Å². The number of quaternary nitrogens is 1. The largest absolute Gasteiger partial charge is 1.00 e. The molecule has 0 aliphatic carbocycles. The lowest BCUT2D eigenvalue weighted by Crippen LogP contribution is -3.00. The number of halogens is 1. The summed E-state index contributed by atoms with van der Waals surface area (Å²) in [6.45, 7) is 11.7. The molecule has 2 aromatic carbocycles. The Balaban J connectivity index is 0. The molecule has 0 radical (unpaired) electrons. The van der Waals surface area contributed by atoms with Gasteiger partial charge in [0, 0.05) is 5.56 Å². The molecule has 0 aliphatic heterocycles. The number of nitrogens with zero attached hydrogens (tertiary/aromatic N) is 1. The van der Waals surface area contributed by atoms with E-state index in [4.69, 9.17) is 0 Å². The van der Waals surface area contributed by atoms with Gasteiger partial charge in [-0.1, -0.05) is 66.7 Å². The lowest BCUT2D eigenvalue weighted by Gasteiger charge is -2.35. The van der Waals surface area contributed by atoms with E-state index in [9.17, 15) is 0 Å². The predicted molar refractivity (Wildman–Crippen MR) is 93.5 cm³/mol. The molecule has 0 heterocycles. The summed E-state index contributed by atoms with van der Waals surface area (Å²) in [6, 6.07) is 22.8. The zero-order valence-corrected chi connectivity index (χ0v) is 15.0. The van der Waals surface area contributed by atoms with Crippen LogP contribution in [-0.2, 0) is 6.54 Å². The van der Waals surface area contributed by atoms with Gasteiger partial charge in [-0.25, -0.2) is 0 Å². The molecule has 0 aliphatic rings. The molecule has 0 amide bonds. The molecular weight excluding hydrogens is 292 g/mol. The number of hydrogen-bond donors (Lipinski definition) is 1. The summed E-state index contributed by atoms with van der Waals surface area (Å²) in [5.41, 5.74) is 1.46. The minimum Gasteiger partial charge on any atom is -1.00 e. The predicted octanol–water partition coefficient (Wildman–Crippen LogP) is 1.92. The van der Waals surface area contributed by atoms with Crippen LogP contribution >= 0.6 is 0 Å². The van der Waals surface area contributed by atoms with Crippen molar-refractivity contribution in [1.82, 2.24) is 6.15 Å². The van der Waals surface area contributed by atoms with E-state index in [0.29, 0.717) is 0 Å². The maximum atomic E-state index is 2.29. The van der Waals surface area contributed by atoms with Crippen LogP contribution in [0.4, 0.5) is 0 Å². The molecule has 0 bridgehead atoms. The first-order chi connectivity index (χ1) is 9.76. The van der Waals surface area contributed by atoms with Crippen LogP contribution in [0.1, 0.15) is 26.3 Å². The van der Waals surface area contributed by atoms with E-state index in [1.165, 1.54) is 36.2 Å². The van der Waals surface area contributed by atoms with Crippen LogP contribution < -0.4 is 18.6 Å². The second kappa shape index (κ2) is 13.3. The van der Waals surface area contributed by atoms with Crippen molar-refractivity contribution in [2.45, 2.75) is 27.3 Å². The van der Waals surface area contributed by atoms with Gasteiger partial charge >= 0.3 is 0 Å². The van der Waals surface area contributed by atoms with E-state index in [-0.39, 0.29) is 18.6 Å². The summed E-state index contributed by atoms with van der Waals surface area (Å²) in [7, 11) is 0. The van der Waals surface area contributed by atoms with Gasteiger partial charge in [0.1, 0.15) is 6.54 Å². The first kappa shape index (κ1) is 22.9. The molecule has 0 saturated carbocycles. The minimum absolute atomic E-state index is 0. The fourth-order valence-corrected chi connectivity index (χ4v) is 2.36. The van der Waals surface area contributed by atoms with Crippen LogP contribution in [0.3, 0.4) is 0 Å². The van der Waals surface area contributed by atoms with Gasteiger partial charge in [-0.15, -0.1) is 0 Å². The van der Waals surface area contributed by atoms with Crippen molar-refractivity contribution in [2.75, 3.05) is 19.6 Å². The highest BCUT2D eigenvalue weighted by Crippen LogP contribution is 2.13. The molecule has 124 valence electrons. The van der Waals surface area contributed by atoms with E-state index in [1.807, 2.05) is 36.4 Å². The number of hydrogen-bond acceptors (Lipinski definition) is 1. The molecule has 0 unspecified atom stereocenters. The fourth-order valence-electron chi connectivity index (χ4n) is 2.36. The maximum Gasteiger partial charge on any atom is 0.104 e. The third-order valence-electron chi connectivity index (χ3n) is 4.04. The molecule has 2 rings (SSSR count). The number of benzene rings is 2.